The van der Waals surface area contributed by atoms with Gasteiger partial charge in [0.1, 0.15) is 5.78 Å². The number of aromatic nitrogens is 2. The summed E-state index contributed by atoms with van der Waals surface area (Å²) in [6.45, 7) is 6.14. The van der Waals surface area contributed by atoms with E-state index in [1.54, 1.807) is 6.92 Å². The van der Waals surface area contributed by atoms with E-state index in [-0.39, 0.29) is 5.78 Å². The van der Waals surface area contributed by atoms with Crippen LogP contribution in [0.3, 0.4) is 0 Å². The molecule has 0 aliphatic carbocycles. The molecule has 0 radical (unpaired) electrons. The van der Waals surface area contributed by atoms with E-state index in [2.05, 4.69) is 9.97 Å². The number of aryl methyl sites for hydroxylation is 2. The molecule has 1 aromatic rings. The zero-order chi connectivity index (χ0) is 11.4. The summed E-state index contributed by atoms with van der Waals surface area (Å²) in [6, 6.07) is 1.93. The van der Waals surface area contributed by atoms with Gasteiger partial charge < -0.3 is 4.90 Å². The molecule has 0 aliphatic rings. The Hall–Kier alpha value is -1.45. The summed E-state index contributed by atoms with van der Waals surface area (Å²) in [5.41, 5.74) is 1.90. The molecule has 15 heavy (non-hydrogen) atoms. The van der Waals surface area contributed by atoms with Crippen LogP contribution in [0.15, 0.2) is 6.07 Å². The lowest BCUT2D eigenvalue weighted by atomic mass is 10.3. The van der Waals surface area contributed by atoms with Crippen molar-refractivity contribution in [1.82, 2.24) is 9.97 Å². The normalized spacial score (nSPS) is 10.1. The smallest absolute Gasteiger partial charge is 0.225 e. The summed E-state index contributed by atoms with van der Waals surface area (Å²) in [6.07, 6.45) is 0.535. The average Bonchev–Trinajstić information content (AvgIpc) is 2.12. The van der Waals surface area contributed by atoms with Gasteiger partial charge in [-0.1, -0.05) is 0 Å². The van der Waals surface area contributed by atoms with Crippen molar-refractivity contribution in [3.05, 3.63) is 17.5 Å². The largest absolute Gasteiger partial charge is 0.343 e. The lowest BCUT2D eigenvalue weighted by Gasteiger charge is -2.16. The summed E-state index contributed by atoms with van der Waals surface area (Å²) < 4.78 is 0. The van der Waals surface area contributed by atoms with Gasteiger partial charge in [-0.15, -0.1) is 0 Å². The quantitative estimate of drug-likeness (QED) is 0.750. The van der Waals surface area contributed by atoms with Gasteiger partial charge in [-0.2, -0.15) is 0 Å². The zero-order valence-electron chi connectivity index (χ0n) is 9.74. The molecule has 0 spiro atoms. The van der Waals surface area contributed by atoms with Crippen LogP contribution in [0.5, 0.6) is 0 Å². The van der Waals surface area contributed by atoms with Gasteiger partial charge in [0.2, 0.25) is 5.95 Å². The fraction of sp³-hybridized carbons (Fsp3) is 0.545. The number of carbonyl (C=O) groups excluding carboxylic acids is 1. The molecule has 0 fully saturated rings. The summed E-state index contributed by atoms with van der Waals surface area (Å²) in [7, 11) is 1.90. The number of rotatable bonds is 4. The molecule has 0 aromatic carbocycles. The number of carbonyl (C=O) groups is 1. The number of hydrogen-bond donors (Lipinski definition) is 0. The Morgan fingerprint density at radius 2 is 1.87 bits per heavy atom. The first kappa shape index (κ1) is 11.6. The maximum atomic E-state index is 10.8. The highest BCUT2D eigenvalue weighted by Crippen LogP contribution is 2.08. The molecule has 1 rings (SSSR count). The van der Waals surface area contributed by atoms with Gasteiger partial charge in [0.05, 0.1) is 0 Å². The molecule has 0 atom stereocenters. The van der Waals surface area contributed by atoms with Crippen molar-refractivity contribution in [1.29, 1.82) is 0 Å². The van der Waals surface area contributed by atoms with Gasteiger partial charge in [-0.25, -0.2) is 9.97 Å². The molecule has 0 amide bonds. The molecular weight excluding hydrogens is 190 g/mol. The minimum absolute atomic E-state index is 0.186. The Labute approximate surface area is 90.3 Å². The van der Waals surface area contributed by atoms with E-state index in [1.807, 2.05) is 31.9 Å². The third kappa shape index (κ3) is 3.65. The molecule has 4 nitrogen and oxygen atoms in total. The van der Waals surface area contributed by atoms with E-state index in [9.17, 15) is 4.79 Å². The molecule has 4 heteroatoms. The monoisotopic (exact) mass is 207 g/mol. The van der Waals surface area contributed by atoms with Crippen molar-refractivity contribution in [3.63, 3.8) is 0 Å². The molecule has 1 aromatic heterocycles. The van der Waals surface area contributed by atoms with Crippen molar-refractivity contribution < 1.29 is 4.79 Å². The Kier molecular flexibility index (Phi) is 3.77. The maximum absolute atomic E-state index is 10.8. The molecule has 0 aliphatic heterocycles. The van der Waals surface area contributed by atoms with Gasteiger partial charge in [-0.3, -0.25) is 4.79 Å². The Morgan fingerprint density at radius 1 is 1.33 bits per heavy atom. The van der Waals surface area contributed by atoms with Crippen LogP contribution >= 0.6 is 0 Å². The first-order valence-electron chi connectivity index (χ1n) is 5.02. The van der Waals surface area contributed by atoms with E-state index >= 15 is 0 Å². The number of nitrogens with zero attached hydrogens (tertiary/aromatic N) is 3. The average molecular weight is 207 g/mol. The fourth-order valence-corrected chi connectivity index (χ4v) is 1.30. The second kappa shape index (κ2) is 4.87. The number of ketones is 1. The molecule has 0 saturated heterocycles. The summed E-state index contributed by atoms with van der Waals surface area (Å²) in [5.74, 6) is 0.875. The van der Waals surface area contributed by atoms with Gasteiger partial charge in [0.15, 0.2) is 0 Å². The first-order valence-corrected chi connectivity index (χ1v) is 5.02. The highest BCUT2D eigenvalue weighted by Gasteiger charge is 2.06. The van der Waals surface area contributed by atoms with Crippen molar-refractivity contribution in [2.45, 2.75) is 27.2 Å². The van der Waals surface area contributed by atoms with E-state index in [4.69, 9.17) is 0 Å². The minimum atomic E-state index is 0.186. The van der Waals surface area contributed by atoms with Crippen LogP contribution in [-0.2, 0) is 4.79 Å². The molecule has 82 valence electrons. The van der Waals surface area contributed by atoms with Crippen LogP contribution in [0, 0.1) is 13.8 Å². The first-order chi connectivity index (χ1) is 6.99. The number of anilines is 1. The molecule has 0 bridgehead atoms. The molecule has 0 N–H and O–H groups in total. The summed E-state index contributed by atoms with van der Waals surface area (Å²) in [5, 5.41) is 0. The summed E-state index contributed by atoms with van der Waals surface area (Å²) in [4.78, 5) is 21.4. The van der Waals surface area contributed by atoms with Gasteiger partial charge >= 0.3 is 0 Å². The van der Waals surface area contributed by atoms with Crippen LogP contribution in [0.25, 0.3) is 0 Å². The number of hydrogen-bond acceptors (Lipinski definition) is 4. The van der Waals surface area contributed by atoms with Crippen molar-refractivity contribution in [2.75, 3.05) is 18.5 Å². The van der Waals surface area contributed by atoms with E-state index < -0.39 is 0 Å². The van der Waals surface area contributed by atoms with Crippen molar-refractivity contribution in [2.24, 2.45) is 0 Å². The third-order valence-corrected chi connectivity index (χ3v) is 2.11. The Balaban J connectivity index is 2.72. The Morgan fingerprint density at radius 3 is 2.33 bits per heavy atom. The maximum Gasteiger partial charge on any atom is 0.225 e. The molecule has 0 saturated carbocycles. The predicted molar refractivity (Wildman–Crippen MR) is 60.1 cm³/mol. The molecular formula is C11H17N3O. The SMILES string of the molecule is CC(=O)CCN(C)c1nc(C)cc(C)n1. The van der Waals surface area contributed by atoms with Gasteiger partial charge in [0, 0.05) is 31.4 Å². The van der Waals surface area contributed by atoms with Crippen LogP contribution < -0.4 is 4.90 Å². The number of Topliss-reactive ketones (excluding diaryl/α,β-unsaturated/α-hetero) is 1. The minimum Gasteiger partial charge on any atom is -0.343 e. The third-order valence-electron chi connectivity index (χ3n) is 2.11. The van der Waals surface area contributed by atoms with Gasteiger partial charge in [-0.05, 0) is 26.8 Å². The van der Waals surface area contributed by atoms with Crippen LogP contribution in [0.1, 0.15) is 24.7 Å². The van der Waals surface area contributed by atoms with Gasteiger partial charge in [0.25, 0.3) is 0 Å². The second-order valence-corrected chi connectivity index (χ2v) is 3.82. The molecule has 0 unspecified atom stereocenters. The molecule has 1 heterocycles. The second-order valence-electron chi connectivity index (χ2n) is 3.82. The van der Waals surface area contributed by atoms with E-state index in [1.165, 1.54) is 0 Å². The topological polar surface area (TPSA) is 46.1 Å². The summed E-state index contributed by atoms with van der Waals surface area (Å²) >= 11 is 0. The van der Waals surface area contributed by atoms with Crippen molar-refractivity contribution in [3.8, 4) is 0 Å². The lowest BCUT2D eigenvalue weighted by molar-refractivity contribution is -0.116. The zero-order valence-corrected chi connectivity index (χ0v) is 9.74. The van der Waals surface area contributed by atoms with Crippen molar-refractivity contribution >= 4 is 11.7 Å². The van der Waals surface area contributed by atoms with Crippen LogP contribution in [0.2, 0.25) is 0 Å². The lowest BCUT2D eigenvalue weighted by Crippen LogP contribution is -2.23. The predicted octanol–water partition coefficient (Wildman–Crippen LogP) is 1.51. The van der Waals surface area contributed by atoms with E-state index in [0.717, 1.165) is 11.4 Å². The standard InChI is InChI=1S/C11H17N3O/c1-8-7-9(2)13-11(12-8)14(4)6-5-10(3)15/h7H,5-6H2,1-4H3. The van der Waals surface area contributed by atoms with E-state index in [0.29, 0.717) is 18.9 Å². The Bertz CT molecular complexity index is 343. The highest BCUT2D eigenvalue weighted by molar-refractivity contribution is 5.75. The van der Waals surface area contributed by atoms with Crippen LogP contribution in [-0.4, -0.2) is 29.3 Å². The van der Waals surface area contributed by atoms with Crippen LogP contribution in [0.4, 0.5) is 5.95 Å². The fourth-order valence-electron chi connectivity index (χ4n) is 1.30. The highest BCUT2D eigenvalue weighted by atomic mass is 16.1.